The van der Waals surface area contributed by atoms with E-state index in [2.05, 4.69) is 32.0 Å². The first-order chi connectivity index (χ1) is 8.75. The SMILES string of the molecule is Cc1nc(N(C)c2ccccc2)c2cc[nH]c2n1. The maximum Gasteiger partial charge on any atom is 0.146 e. The average molecular weight is 238 g/mol. The van der Waals surface area contributed by atoms with E-state index in [9.17, 15) is 0 Å². The molecule has 0 aliphatic rings. The van der Waals surface area contributed by atoms with Gasteiger partial charge in [0, 0.05) is 18.9 Å². The van der Waals surface area contributed by atoms with Gasteiger partial charge in [0.2, 0.25) is 0 Å². The van der Waals surface area contributed by atoms with Gasteiger partial charge in [-0.05, 0) is 25.1 Å². The summed E-state index contributed by atoms with van der Waals surface area (Å²) in [5.41, 5.74) is 1.98. The molecule has 4 heteroatoms. The lowest BCUT2D eigenvalue weighted by Gasteiger charge is -2.19. The summed E-state index contributed by atoms with van der Waals surface area (Å²) in [5, 5.41) is 1.03. The molecule has 4 nitrogen and oxygen atoms in total. The molecule has 0 atom stereocenters. The third-order valence-corrected chi connectivity index (χ3v) is 2.97. The van der Waals surface area contributed by atoms with E-state index >= 15 is 0 Å². The maximum absolute atomic E-state index is 4.54. The third kappa shape index (κ3) is 1.72. The van der Waals surface area contributed by atoms with Crippen LogP contribution in [0.3, 0.4) is 0 Å². The Morgan fingerprint density at radius 2 is 1.83 bits per heavy atom. The van der Waals surface area contributed by atoms with Crippen LogP contribution in [0.15, 0.2) is 42.6 Å². The van der Waals surface area contributed by atoms with Gasteiger partial charge in [-0.25, -0.2) is 9.97 Å². The predicted octanol–water partition coefficient (Wildman–Crippen LogP) is 3.03. The van der Waals surface area contributed by atoms with Crippen LogP contribution in [-0.4, -0.2) is 22.0 Å². The normalized spacial score (nSPS) is 10.8. The summed E-state index contributed by atoms with van der Waals surface area (Å²) in [7, 11) is 2.02. The molecule has 2 heterocycles. The number of aromatic nitrogens is 3. The van der Waals surface area contributed by atoms with E-state index in [4.69, 9.17) is 0 Å². The molecule has 3 aromatic rings. The van der Waals surface area contributed by atoms with Crippen LogP contribution in [0.2, 0.25) is 0 Å². The van der Waals surface area contributed by atoms with Crippen molar-refractivity contribution in [2.45, 2.75) is 6.92 Å². The van der Waals surface area contributed by atoms with Crippen molar-refractivity contribution in [3.63, 3.8) is 0 Å². The number of hydrogen-bond acceptors (Lipinski definition) is 3. The molecule has 0 fully saturated rings. The second kappa shape index (κ2) is 4.14. The van der Waals surface area contributed by atoms with E-state index in [0.717, 1.165) is 28.4 Å². The number of rotatable bonds is 2. The smallest absolute Gasteiger partial charge is 0.146 e. The number of aromatic amines is 1. The lowest BCUT2D eigenvalue weighted by atomic mass is 10.2. The van der Waals surface area contributed by atoms with Gasteiger partial charge in [0.25, 0.3) is 0 Å². The Bertz CT molecular complexity index is 673. The topological polar surface area (TPSA) is 44.8 Å². The standard InChI is InChI=1S/C14H14N4/c1-10-16-13-12(8-9-15-13)14(17-10)18(2)11-6-4-3-5-7-11/h3-9H,1-2H3,(H,15,16,17). The molecule has 1 N–H and O–H groups in total. The van der Waals surface area contributed by atoms with E-state index in [-0.39, 0.29) is 0 Å². The summed E-state index contributed by atoms with van der Waals surface area (Å²) in [5.74, 6) is 1.69. The van der Waals surface area contributed by atoms with Crippen LogP contribution in [-0.2, 0) is 0 Å². The van der Waals surface area contributed by atoms with E-state index in [0.29, 0.717) is 0 Å². The minimum absolute atomic E-state index is 0.766. The number of benzene rings is 1. The van der Waals surface area contributed by atoms with Gasteiger partial charge in [0.1, 0.15) is 17.3 Å². The number of hydrogen-bond donors (Lipinski definition) is 1. The summed E-state index contributed by atoms with van der Waals surface area (Å²) < 4.78 is 0. The fraction of sp³-hybridized carbons (Fsp3) is 0.143. The fourth-order valence-corrected chi connectivity index (χ4v) is 2.06. The van der Waals surface area contributed by atoms with Gasteiger partial charge in [-0.2, -0.15) is 0 Å². The Labute approximate surface area is 105 Å². The Balaban J connectivity index is 2.17. The highest BCUT2D eigenvalue weighted by atomic mass is 15.2. The monoisotopic (exact) mass is 238 g/mol. The number of fused-ring (bicyclic) bond motifs is 1. The second-order valence-electron chi connectivity index (χ2n) is 4.23. The van der Waals surface area contributed by atoms with Crippen LogP contribution in [0.1, 0.15) is 5.82 Å². The highest BCUT2D eigenvalue weighted by Crippen LogP contribution is 2.27. The van der Waals surface area contributed by atoms with E-state index < -0.39 is 0 Å². The molecule has 90 valence electrons. The number of para-hydroxylation sites is 1. The van der Waals surface area contributed by atoms with Crippen molar-refractivity contribution < 1.29 is 0 Å². The molecular formula is C14H14N4. The number of H-pyrrole nitrogens is 1. The molecule has 0 bridgehead atoms. The van der Waals surface area contributed by atoms with Gasteiger partial charge < -0.3 is 9.88 Å². The fourth-order valence-electron chi connectivity index (χ4n) is 2.06. The van der Waals surface area contributed by atoms with Gasteiger partial charge in [-0.15, -0.1) is 0 Å². The molecular weight excluding hydrogens is 224 g/mol. The van der Waals surface area contributed by atoms with Crippen molar-refractivity contribution in [3.8, 4) is 0 Å². The lowest BCUT2D eigenvalue weighted by Crippen LogP contribution is -2.12. The highest BCUT2D eigenvalue weighted by molar-refractivity contribution is 5.89. The molecule has 0 radical (unpaired) electrons. The zero-order chi connectivity index (χ0) is 12.5. The van der Waals surface area contributed by atoms with E-state index in [1.807, 2.05) is 44.4 Å². The molecule has 3 rings (SSSR count). The van der Waals surface area contributed by atoms with Crippen LogP contribution < -0.4 is 4.90 Å². The molecule has 18 heavy (non-hydrogen) atoms. The van der Waals surface area contributed by atoms with Crippen molar-refractivity contribution in [2.75, 3.05) is 11.9 Å². The Morgan fingerprint density at radius 3 is 2.61 bits per heavy atom. The van der Waals surface area contributed by atoms with Crippen molar-refractivity contribution in [1.82, 2.24) is 15.0 Å². The Morgan fingerprint density at radius 1 is 1.06 bits per heavy atom. The van der Waals surface area contributed by atoms with Crippen LogP contribution in [0.5, 0.6) is 0 Å². The van der Waals surface area contributed by atoms with Gasteiger partial charge in [-0.3, -0.25) is 0 Å². The largest absolute Gasteiger partial charge is 0.346 e. The third-order valence-electron chi connectivity index (χ3n) is 2.97. The minimum Gasteiger partial charge on any atom is -0.346 e. The summed E-state index contributed by atoms with van der Waals surface area (Å²) in [4.78, 5) is 14.1. The molecule has 1 aromatic carbocycles. The number of nitrogens with one attached hydrogen (secondary N) is 1. The van der Waals surface area contributed by atoms with Gasteiger partial charge in [0.05, 0.1) is 5.39 Å². The van der Waals surface area contributed by atoms with Gasteiger partial charge in [-0.1, -0.05) is 18.2 Å². The quantitative estimate of drug-likeness (QED) is 0.746. The zero-order valence-electron chi connectivity index (χ0n) is 10.4. The zero-order valence-corrected chi connectivity index (χ0v) is 10.4. The van der Waals surface area contributed by atoms with E-state index in [1.165, 1.54) is 0 Å². The second-order valence-corrected chi connectivity index (χ2v) is 4.23. The van der Waals surface area contributed by atoms with Crippen LogP contribution in [0.4, 0.5) is 11.5 Å². The maximum atomic E-state index is 4.54. The summed E-state index contributed by atoms with van der Waals surface area (Å²) in [6, 6.07) is 12.2. The number of anilines is 2. The van der Waals surface area contributed by atoms with Crippen molar-refractivity contribution in [2.24, 2.45) is 0 Å². The first-order valence-corrected chi connectivity index (χ1v) is 5.86. The first-order valence-electron chi connectivity index (χ1n) is 5.86. The molecule has 0 aliphatic carbocycles. The number of nitrogens with zero attached hydrogens (tertiary/aromatic N) is 3. The molecule has 0 spiro atoms. The van der Waals surface area contributed by atoms with E-state index in [1.54, 1.807) is 0 Å². The predicted molar refractivity (Wildman–Crippen MR) is 73.1 cm³/mol. The van der Waals surface area contributed by atoms with Crippen molar-refractivity contribution >= 4 is 22.5 Å². The Hall–Kier alpha value is -2.36. The Kier molecular flexibility index (Phi) is 2.48. The molecule has 0 amide bonds. The highest BCUT2D eigenvalue weighted by Gasteiger charge is 2.11. The van der Waals surface area contributed by atoms with Crippen molar-refractivity contribution in [3.05, 3.63) is 48.4 Å². The van der Waals surface area contributed by atoms with Crippen LogP contribution in [0, 0.1) is 6.92 Å². The van der Waals surface area contributed by atoms with Gasteiger partial charge >= 0.3 is 0 Å². The van der Waals surface area contributed by atoms with Crippen LogP contribution in [0.25, 0.3) is 11.0 Å². The minimum atomic E-state index is 0.766. The summed E-state index contributed by atoms with van der Waals surface area (Å²) >= 11 is 0. The molecule has 2 aromatic heterocycles. The first kappa shape index (κ1) is 10.8. The average Bonchev–Trinajstić information content (AvgIpc) is 2.86. The molecule has 0 aliphatic heterocycles. The lowest BCUT2D eigenvalue weighted by molar-refractivity contribution is 1.04. The molecule has 0 saturated heterocycles. The van der Waals surface area contributed by atoms with Crippen molar-refractivity contribution in [1.29, 1.82) is 0 Å². The number of aryl methyl sites for hydroxylation is 1. The molecule has 0 unspecified atom stereocenters. The van der Waals surface area contributed by atoms with Crippen LogP contribution >= 0.6 is 0 Å². The summed E-state index contributed by atoms with van der Waals surface area (Å²) in [6.07, 6.45) is 1.89. The van der Waals surface area contributed by atoms with Gasteiger partial charge in [0.15, 0.2) is 0 Å². The summed E-state index contributed by atoms with van der Waals surface area (Å²) in [6.45, 7) is 1.91. The molecule has 0 saturated carbocycles.